The molecule has 0 bridgehead atoms. The summed E-state index contributed by atoms with van der Waals surface area (Å²) in [7, 11) is 0. The summed E-state index contributed by atoms with van der Waals surface area (Å²) in [5, 5.41) is 3.26. The molecule has 1 N–H and O–H groups in total. The molecule has 1 amide bonds. The zero-order valence-electron chi connectivity index (χ0n) is 11.3. The molecule has 1 saturated carbocycles. The lowest BCUT2D eigenvalue weighted by Crippen LogP contribution is -2.52. The molecule has 0 saturated heterocycles. The maximum atomic E-state index is 12.2. The van der Waals surface area contributed by atoms with Crippen LogP contribution in [0.1, 0.15) is 51.5 Å². The van der Waals surface area contributed by atoms with Gasteiger partial charge in [0.25, 0.3) is 0 Å². The minimum absolute atomic E-state index is 0.106. The lowest BCUT2D eigenvalue weighted by Gasteiger charge is -2.43. The number of aromatic nitrogens is 1. The van der Waals surface area contributed by atoms with Crippen molar-refractivity contribution < 1.29 is 4.79 Å². The van der Waals surface area contributed by atoms with Crippen LogP contribution in [-0.2, 0) is 10.3 Å². The Kier molecular flexibility index (Phi) is 4.00. The largest absolute Gasteiger partial charge is 0.346 e. The third kappa shape index (κ3) is 2.55. The Morgan fingerprint density at radius 3 is 2.61 bits per heavy atom. The van der Waals surface area contributed by atoms with E-state index in [9.17, 15) is 4.79 Å². The van der Waals surface area contributed by atoms with Crippen LogP contribution in [0.25, 0.3) is 0 Å². The Morgan fingerprint density at radius 2 is 2.11 bits per heavy atom. The molecule has 1 heterocycles. The van der Waals surface area contributed by atoms with E-state index < -0.39 is 0 Å². The third-order valence-corrected chi connectivity index (χ3v) is 3.97. The average molecular weight is 246 g/mol. The van der Waals surface area contributed by atoms with Crippen LogP contribution in [0.5, 0.6) is 0 Å². The number of nitrogens with zero attached hydrogens (tertiary/aromatic N) is 1. The molecule has 1 atom stereocenters. The summed E-state index contributed by atoms with van der Waals surface area (Å²) in [6.45, 7) is 4.13. The van der Waals surface area contributed by atoms with Gasteiger partial charge in [-0.05, 0) is 43.4 Å². The van der Waals surface area contributed by atoms with E-state index in [1.54, 1.807) is 12.4 Å². The van der Waals surface area contributed by atoms with E-state index >= 15 is 0 Å². The Balaban J connectivity index is 2.08. The van der Waals surface area contributed by atoms with Gasteiger partial charge < -0.3 is 5.32 Å². The zero-order chi connectivity index (χ0) is 13.0. The second kappa shape index (κ2) is 5.51. The molecule has 1 aromatic rings. The molecule has 1 fully saturated rings. The number of carbonyl (C=O) groups is 1. The SMILES string of the molecule is CCCC(C)C(=O)NC1(c2ccncc2)CCC1. The fraction of sp³-hybridized carbons (Fsp3) is 0.600. The molecule has 0 radical (unpaired) electrons. The molecule has 18 heavy (non-hydrogen) atoms. The van der Waals surface area contributed by atoms with Crippen molar-refractivity contribution in [3.05, 3.63) is 30.1 Å². The molecule has 3 heteroatoms. The highest BCUT2D eigenvalue weighted by atomic mass is 16.2. The smallest absolute Gasteiger partial charge is 0.223 e. The maximum Gasteiger partial charge on any atom is 0.223 e. The van der Waals surface area contributed by atoms with Crippen LogP contribution in [0, 0.1) is 5.92 Å². The predicted octanol–water partition coefficient (Wildman–Crippen LogP) is 3.01. The highest BCUT2D eigenvalue weighted by Gasteiger charge is 2.40. The van der Waals surface area contributed by atoms with Crippen LogP contribution in [0.15, 0.2) is 24.5 Å². The van der Waals surface area contributed by atoms with Crippen LogP contribution in [-0.4, -0.2) is 10.9 Å². The molecule has 1 aliphatic carbocycles. The normalized spacial score (nSPS) is 18.8. The molecule has 0 aromatic carbocycles. The standard InChI is InChI=1S/C15H22N2O/c1-3-5-12(2)14(18)17-15(8-4-9-15)13-6-10-16-11-7-13/h6-7,10-12H,3-5,8-9H2,1-2H3,(H,17,18). The number of hydrogen-bond donors (Lipinski definition) is 1. The Hall–Kier alpha value is -1.38. The van der Waals surface area contributed by atoms with Crippen molar-refractivity contribution >= 4 is 5.91 Å². The molecule has 1 unspecified atom stereocenters. The number of hydrogen-bond acceptors (Lipinski definition) is 2. The number of nitrogens with one attached hydrogen (secondary N) is 1. The van der Waals surface area contributed by atoms with Crippen LogP contribution < -0.4 is 5.32 Å². The van der Waals surface area contributed by atoms with Gasteiger partial charge in [0.05, 0.1) is 5.54 Å². The first kappa shape index (κ1) is 13.1. The van der Waals surface area contributed by atoms with Crippen molar-refractivity contribution in [3.63, 3.8) is 0 Å². The summed E-state index contributed by atoms with van der Waals surface area (Å²) in [4.78, 5) is 16.2. The summed E-state index contributed by atoms with van der Waals surface area (Å²) < 4.78 is 0. The Bertz CT molecular complexity index is 398. The molecule has 1 aliphatic rings. The molecule has 3 nitrogen and oxygen atoms in total. The summed E-state index contributed by atoms with van der Waals surface area (Å²) in [6, 6.07) is 4.04. The van der Waals surface area contributed by atoms with E-state index in [4.69, 9.17) is 0 Å². The predicted molar refractivity (Wildman–Crippen MR) is 72.0 cm³/mol. The van der Waals surface area contributed by atoms with Gasteiger partial charge in [0.15, 0.2) is 0 Å². The number of pyridine rings is 1. The van der Waals surface area contributed by atoms with Crippen LogP contribution in [0.3, 0.4) is 0 Å². The quantitative estimate of drug-likeness (QED) is 0.867. The Morgan fingerprint density at radius 1 is 1.44 bits per heavy atom. The van der Waals surface area contributed by atoms with E-state index in [0.29, 0.717) is 0 Å². The van der Waals surface area contributed by atoms with Gasteiger partial charge in [-0.15, -0.1) is 0 Å². The molecule has 0 spiro atoms. The van der Waals surface area contributed by atoms with Crippen molar-refractivity contribution in [2.45, 2.75) is 51.5 Å². The van der Waals surface area contributed by atoms with E-state index in [0.717, 1.165) is 25.7 Å². The van der Waals surface area contributed by atoms with E-state index in [-0.39, 0.29) is 17.4 Å². The monoisotopic (exact) mass is 246 g/mol. The molecular weight excluding hydrogens is 224 g/mol. The van der Waals surface area contributed by atoms with Crippen molar-refractivity contribution in [2.75, 3.05) is 0 Å². The van der Waals surface area contributed by atoms with Gasteiger partial charge in [0, 0.05) is 18.3 Å². The van der Waals surface area contributed by atoms with Gasteiger partial charge in [-0.25, -0.2) is 0 Å². The van der Waals surface area contributed by atoms with Gasteiger partial charge in [0.2, 0.25) is 5.91 Å². The summed E-state index contributed by atoms with van der Waals surface area (Å²) >= 11 is 0. The Labute approximate surface area is 109 Å². The first-order chi connectivity index (χ1) is 8.68. The molecule has 0 aliphatic heterocycles. The summed E-state index contributed by atoms with van der Waals surface area (Å²) in [5.41, 5.74) is 1.07. The van der Waals surface area contributed by atoms with Crippen molar-refractivity contribution in [3.8, 4) is 0 Å². The fourth-order valence-electron chi connectivity index (χ4n) is 2.61. The maximum absolute atomic E-state index is 12.2. The topological polar surface area (TPSA) is 42.0 Å². The van der Waals surface area contributed by atoms with Gasteiger partial charge in [-0.1, -0.05) is 20.3 Å². The fourth-order valence-corrected chi connectivity index (χ4v) is 2.61. The van der Waals surface area contributed by atoms with Gasteiger partial charge in [-0.3, -0.25) is 9.78 Å². The van der Waals surface area contributed by atoms with Crippen molar-refractivity contribution in [1.82, 2.24) is 10.3 Å². The van der Waals surface area contributed by atoms with E-state index in [1.165, 1.54) is 12.0 Å². The minimum Gasteiger partial charge on any atom is -0.346 e. The first-order valence-corrected chi connectivity index (χ1v) is 6.90. The second-order valence-corrected chi connectivity index (χ2v) is 5.35. The van der Waals surface area contributed by atoms with E-state index in [2.05, 4.69) is 17.2 Å². The lowest BCUT2D eigenvalue weighted by atomic mass is 9.71. The van der Waals surface area contributed by atoms with Crippen LogP contribution in [0.4, 0.5) is 0 Å². The van der Waals surface area contributed by atoms with Gasteiger partial charge in [0.1, 0.15) is 0 Å². The average Bonchev–Trinajstić information content (AvgIpc) is 2.35. The van der Waals surface area contributed by atoms with Crippen molar-refractivity contribution in [1.29, 1.82) is 0 Å². The number of carbonyl (C=O) groups excluding carboxylic acids is 1. The summed E-state index contributed by atoms with van der Waals surface area (Å²) in [6.07, 6.45) is 8.89. The van der Waals surface area contributed by atoms with Crippen LogP contribution >= 0.6 is 0 Å². The zero-order valence-corrected chi connectivity index (χ0v) is 11.3. The molecule has 98 valence electrons. The molecule has 2 rings (SSSR count). The van der Waals surface area contributed by atoms with E-state index in [1.807, 2.05) is 19.1 Å². The first-order valence-electron chi connectivity index (χ1n) is 6.90. The molecule has 1 aromatic heterocycles. The second-order valence-electron chi connectivity index (χ2n) is 5.35. The third-order valence-electron chi connectivity index (χ3n) is 3.97. The van der Waals surface area contributed by atoms with Gasteiger partial charge >= 0.3 is 0 Å². The molecular formula is C15H22N2O. The lowest BCUT2D eigenvalue weighted by molar-refractivity contribution is -0.128. The van der Waals surface area contributed by atoms with Crippen molar-refractivity contribution in [2.24, 2.45) is 5.92 Å². The highest BCUT2D eigenvalue weighted by molar-refractivity contribution is 5.79. The number of amides is 1. The minimum atomic E-state index is -0.123. The number of rotatable bonds is 5. The van der Waals surface area contributed by atoms with Gasteiger partial charge in [-0.2, -0.15) is 0 Å². The van der Waals surface area contributed by atoms with Crippen LogP contribution in [0.2, 0.25) is 0 Å². The highest BCUT2D eigenvalue weighted by Crippen LogP contribution is 2.41. The summed E-state index contributed by atoms with van der Waals surface area (Å²) in [5.74, 6) is 0.294.